The lowest BCUT2D eigenvalue weighted by atomic mass is 10.1. The molecule has 1 atom stereocenters. The van der Waals surface area contributed by atoms with Crippen LogP contribution in [0.1, 0.15) is 116 Å². The van der Waals surface area contributed by atoms with E-state index in [1.54, 1.807) is 4.90 Å². The summed E-state index contributed by atoms with van der Waals surface area (Å²) in [5, 5.41) is 3.25. The van der Waals surface area contributed by atoms with Gasteiger partial charge in [-0.05, 0) is 45.2 Å². The number of carbonyl (C=O) groups excluding carboxylic acids is 2. The number of nitrogens with two attached hydrogens (primary N) is 1. The molecule has 0 aromatic carbocycles. The lowest BCUT2D eigenvalue weighted by Gasteiger charge is -2.24. The molecule has 0 aromatic rings. The minimum absolute atomic E-state index is 0.00148. The molecule has 1 rings (SSSR count). The molecule has 5 heteroatoms. The molecule has 3 N–H and O–H groups in total. The van der Waals surface area contributed by atoms with Gasteiger partial charge in [0.1, 0.15) is 0 Å². The van der Waals surface area contributed by atoms with E-state index in [2.05, 4.69) is 12.2 Å². The van der Waals surface area contributed by atoms with Crippen molar-refractivity contribution in [2.75, 3.05) is 19.6 Å². The van der Waals surface area contributed by atoms with Gasteiger partial charge in [-0.3, -0.25) is 14.5 Å². The number of hydrogen-bond acceptors (Lipinski definition) is 4. The minimum atomic E-state index is -0.157. The third-order valence-corrected chi connectivity index (χ3v) is 6.01. The Hall–Kier alpha value is -0.940. The summed E-state index contributed by atoms with van der Waals surface area (Å²) in [6.07, 6.45) is 19.0. The Balaban J connectivity index is 2.24. The van der Waals surface area contributed by atoms with Crippen molar-refractivity contribution < 1.29 is 9.59 Å². The van der Waals surface area contributed by atoms with Crippen LogP contribution in [0.4, 0.5) is 0 Å². The molecule has 1 saturated heterocycles. The van der Waals surface area contributed by atoms with Crippen LogP contribution in [-0.2, 0) is 9.59 Å². The zero-order chi connectivity index (χ0) is 21.2. The maximum atomic E-state index is 12.8. The van der Waals surface area contributed by atoms with Gasteiger partial charge in [-0.2, -0.15) is 0 Å². The molecule has 0 radical (unpaired) electrons. The maximum absolute atomic E-state index is 12.8. The van der Waals surface area contributed by atoms with Crippen molar-refractivity contribution in [1.82, 2.24) is 10.2 Å². The van der Waals surface area contributed by atoms with Crippen molar-refractivity contribution in [2.24, 2.45) is 5.73 Å². The molecule has 0 bridgehead atoms. The molecule has 0 saturated carbocycles. The van der Waals surface area contributed by atoms with Gasteiger partial charge < -0.3 is 11.1 Å². The van der Waals surface area contributed by atoms with Gasteiger partial charge >= 0.3 is 0 Å². The number of rotatable bonds is 18. The van der Waals surface area contributed by atoms with Crippen LogP contribution < -0.4 is 11.1 Å². The zero-order valence-electron chi connectivity index (χ0n) is 19.1. The van der Waals surface area contributed by atoms with Crippen LogP contribution in [0.15, 0.2) is 0 Å². The Kier molecular flexibility index (Phi) is 16.1. The Bertz CT molecular complexity index is 422. The Morgan fingerprint density at radius 2 is 1.45 bits per heavy atom. The summed E-state index contributed by atoms with van der Waals surface area (Å²) in [7, 11) is 0. The van der Waals surface area contributed by atoms with Crippen molar-refractivity contribution >= 4 is 11.8 Å². The number of nitrogens with one attached hydrogen (secondary N) is 1. The Morgan fingerprint density at radius 1 is 0.862 bits per heavy atom. The Morgan fingerprint density at radius 3 is 2.03 bits per heavy atom. The van der Waals surface area contributed by atoms with Crippen molar-refractivity contribution in [3.63, 3.8) is 0 Å². The van der Waals surface area contributed by atoms with E-state index in [1.807, 2.05) is 0 Å². The fraction of sp³-hybridized carbons (Fsp3) is 0.917. The van der Waals surface area contributed by atoms with Gasteiger partial charge in [0.25, 0.3) is 0 Å². The second-order valence-corrected chi connectivity index (χ2v) is 8.67. The van der Waals surface area contributed by atoms with E-state index >= 15 is 0 Å². The molecule has 0 aliphatic carbocycles. The Labute approximate surface area is 179 Å². The van der Waals surface area contributed by atoms with Crippen LogP contribution in [0.5, 0.6) is 0 Å². The third-order valence-electron chi connectivity index (χ3n) is 6.01. The normalized spacial score (nSPS) is 16.3. The summed E-state index contributed by atoms with van der Waals surface area (Å²) in [5.74, 6) is 0.0282. The van der Waals surface area contributed by atoms with Crippen molar-refractivity contribution in [3.05, 3.63) is 0 Å². The molecular weight excluding hydrogens is 362 g/mol. The van der Waals surface area contributed by atoms with Crippen molar-refractivity contribution in [3.8, 4) is 0 Å². The molecular formula is C24H47N3O2. The summed E-state index contributed by atoms with van der Waals surface area (Å²) in [5.41, 5.74) is 5.55. The molecule has 2 amide bonds. The highest BCUT2D eigenvalue weighted by atomic mass is 16.2. The molecule has 0 unspecified atom stereocenters. The van der Waals surface area contributed by atoms with Gasteiger partial charge in [-0.15, -0.1) is 0 Å². The number of hydrogen-bond donors (Lipinski definition) is 2. The molecule has 1 aliphatic rings. The molecule has 0 spiro atoms. The van der Waals surface area contributed by atoms with E-state index in [4.69, 9.17) is 5.73 Å². The van der Waals surface area contributed by atoms with Gasteiger partial charge in [-0.1, -0.05) is 77.6 Å². The number of amides is 2. The first-order valence-electron chi connectivity index (χ1n) is 12.5. The fourth-order valence-electron chi connectivity index (χ4n) is 4.11. The van der Waals surface area contributed by atoms with Crippen LogP contribution in [0.25, 0.3) is 0 Å². The van der Waals surface area contributed by atoms with E-state index < -0.39 is 0 Å². The van der Waals surface area contributed by atoms with Crippen molar-refractivity contribution in [1.29, 1.82) is 0 Å². The van der Waals surface area contributed by atoms with E-state index in [0.29, 0.717) is 19.5 Å². The van der Waals surface area contributed by atoms with E-state index in [9.17, 15) is 9.59 Å². The van der Waals surface area contributed by atoms with Crippen LogP contribution in [0.3, 0.4) is 0 Å². The van der Waals surface area contributed by atoms with Crippen LogP contribution in [-0.4, -0.2) is 42.4 Å². The highest BCUT2D eigenvalue weighted by Gasteiger charge is 2.29. The summed E-state index contributed by atoms with van der Waals surface area (Å²) < 4.78 is 0. The third kappa shape index (κ3) is 12.4. The van der Waals surface area contributed by atoms with Gasteiger partial charge in [0.2, 0.25) is 11.8 Å². The largest absolute Gasteiger partial charge is 0.330 e. The maximum Gasteiger partial charge on any atom is 0.246 e. The van der Waals surface area contributed by atoms with Crippen LogP contribution in [0, 0.1) is 0 Å². The van der Waals surface area contributed by atoms with Gasteiger partial charge in [0, 0.05) is 13.0 Å². The predicted octanol–water partition coefficient (Wildman–Crippen LogP) is 4.92. The molecule has 1 fully saturated rings. The molecule has 29 heavy (non-hydrogen) atoms. The lowest BCUT2D eigenvalue weighted by Crippen LogP contribution is -2.47. The van der Waals surface area contributed by atoms with E-state index in [-0.39, 0.29) is 17.9 Å². The predicted molar refractivity (Wildman–Crippen MR) is 122 cm³/mol. The van der Waals surface area contributed by atoms with Crippen molar-refractivity contribution in [2.45, 2.75) is 122 Å². The standard InChI is InChI=1S/C24H47N3O2/c1-2-3-4-5-6-7-8-9-10-13-18-23(28)27(21-15-12-11-14-19-25)24(29)22-17-16-20-26-22/h22,26H,2-21,25H2,1H3/t22-/m0/s1. The quantitative estimate of drug-likeness (QED) is 0.315. The van der Waals surface area contributed by atoms with E-state index in [0.717, 1.165) is 57.9 Å². The van der Waals surface area contributed by atoms with Gasteiger partial charge in [0.15, 0.2) is 0 Å². The first-order chi connectivity index (χ1) is 14.2. The molecule has 1 heterocycles. The first kappa shape index (κ1) is 26.1. The topological polar surface area (TPSA) is 75.4 Å². The van der Waals surface area contributed by atoms with Gasteiger partial charge in [0.05, 0.1) is 6.04 Å². The average molecular weight is 410 g/mol. The first-order valence-corrected chi connectivity index (χ1v) is 12.5. The number of unbranched alkanes of at least 4 members (excludes halogenated alkanes) is 12. The number of nitrogens with zero attached hydrogens (tertiary/aromatic N) is 1. The average Bonchev–Trinajstić information content (AvgIpc) is 3.26. The highest BCUT2D eigenvalue weighted by Crippen LogP contribution is 2.15. The SMILES string of the molecule is CCCCCCCCCCCCC(=O)N(CCCCCCN)C(=O)[C@@H]1CCCN1. The number of carbonyl (C=O) groups is 2. The summed E-state index contributed by atoms with van der Waals surface area (Å²) >= 11 is 0. The summed E-state index contributed by atoms with van der Waals surface area (Å²) in [6.45, 7) is 4.42. The highest BCUT2D eigenvalue weighted by molar-refractivity contribution is 5.97. The molecule has 5 nitrogen and oxygen atoms in total. The van der Waals surface area contributed by atoms with Crippen LogP contribution in [0.2, 0.25) is 0 Å². The fourth-order valence-corrected chi connectivity index (χ4v) is 4.11. The molecule has 0 aromatic heterocycles. The molecule has 170 valence electrons. The van der Waals surface area contributed by atoms with E-state index in [1.165, 1.54) is 51.4 Å². The smallest absolute Gasteiger partial charge is 0.246 e. The lowest BCUT2D eigenvalue weighted by molar-refractivity contribution is -0.146. The molecule has 1 aliphatic heterocycles. The second-order valence-electron chi connectivity index (χ2n) is 8.67. The summed E-state index contributed by atoms with van der Waals surface area (Å²) in [4.78, 5) is 27.1. The zero-order valence-corrected chi connectivity index (χ0v) is 19.1. The minimum Gasteiger partial charge on any atom is -0.330 e. The second kappa shape index (κ2) is 17.9. The summed E-state index contributed by atoms with van der Waals surface area (Å²) in [6, 6.07) is -0.157. The van der Waals surface area contributed by atoms with Crippen LogP contribution >= 0.6 is 0 Å². The monoisotopic (exact) mass is 409 g/mol. The van der Waals surface area contributed by atoms with Gasteiger partial charge in [-0.25, -0.2) is 0 Å². The number of imide groups is 1.